The molecule has 1 aliphatic carbocycles. The third kappa shape index (κ3) is 7.87. The molecule has 40 heavy (non-hydrogen) atoms. The number of methoxy groups -OCH3 is 1. The molecular formula is C27H35N5O6S2. The zero-order valence-electron chi connectivity index (χ0n) is 23.4. The highest BCUT2D eigenvalue weighted by atomic mass is 32.2. The van der Waals surface area contributed by atoms with Crippen molar-refractivity contribution in [1.82, 2.24) is 20.1 Å². The number of ether oxygens (including phenoxy) is 2. The van der Waals surface area contributed by atoms with Crippen LogP contribution in [0.2, 0.25) is 0 Å². The third-order valence-electron chi connectivity index (χ3n) is 6.30. The number of carbonyl (C=O) groups excluding carboxylic acids is 4. The second-order valence-electron chi connectivity index (χ2n) is 10.7. The van der Waals surface area contributed by atoms with Crippen molar-refractivity contribution >= 4 is 52.0 Å². The summed E-state index contributed by atoms with van der Waals surface area (Å²) in [4.78, 5) is 58.5. The molecule has 1 aromatic heterocycles. The molecule has 2 N–H and O–H groups in total. The van der Waals surface area contributed by atoms with E-state index >= 15 is 0 Å². The summed E-state index contributed by atoms with van der Waals surface area (Å²) in [5.41, 5.74) is 0.739. The Morgan fingerprint density at radius 2 is 1.77 bits per heavy atom. The van der Waals surface area contributed by atoms with Crippen LogP contribution in [0.25, 0.3) is 0 Å². The van der Waals surface area contributed by atoms with E-state index in [0.29, 0.717) is 42.6 Å². The molecule has 0 bridgehead atoms. The quantitative estimate of drug-likeness (QED) is 0.476. The summed E-state index contributed by atoms with van der Waals surface area (Å²) >= 11 is 2.87. The number of hydrogen-bond acceptors (Lipinski definition) is 9. The molecule has 216 valence electrons. The van der Waals surface area contributed by atoms with Crippen molar-refractivity contribution in [3.05, 3.63) is 29.5 Å². The second kappa shape index (κ2) is 12.5. The topological polar surface area (TPSA) is 130 Å². The van der Waals surface area contributed by atoms with Gasteiger partial charge in [0.2, 0.25) is 11.8 Å². The van der Waals surface area contributed by atoms with Crippen LogP contribution < -0.4 is 15.4 Å². The molecular weight excluding hydrogens is 554 g/mol. The van der Waals surface area contributed by atoms with Gasteiger partial charge in [0, 0.05) is 37.0 Å². The smallest absolute Gasteiger partial charge is 0.408 e. The van der Waals surface area contributed by atoms with Gasteiger partial charge in [0.1, 0.15) is 17.9 Å². The molecule has 2 aliphatic rings. The number of piperazine rings is 1. The number of nitrogens with one attached hydrogen (secondary N) is 2. The normalized spacial score (nSPS) is 15.4. The van der Waals surface area contributed by atoms with Crippen LogP contribution in [0, 0.1) is 12.8 Å². The highest BCUT2D eigenvalue weighted by molar-refractivity contribution is 8.01. The van der Waals surface area contributed by atoms with Gasteiger partial charge >= 0.3 is 6.09 Å². The number of amides is 4. The molecule has 0 atom stereocenters. The van der Waals surface area contributed by atoms with Crippen molar-refractivity contribution in [1.29, 1.82) is 0 Å². The van der Waals surface area contributed by atoms with Crippen LogP contribution in [0.15, 0.2) is 27.4 Å². The van der Waals surface area contributed by atoms with E-state index in [0.717, 1.165) is 27.5 Å². The van der Waals surface area contributed by atoms with Gasteiger partial charge in [-0.25, -0.2) is 9.78 Å². The minimum atomic E-state index is -0.648. The molecule has 1 aliphatic heterocycles. The molecule has 0 spiro atoms. The Balaban J connectivity index is 1.36. The zero-order valence-corrected chi connectivity index (χ0v) is 25.0. The van der Waals surface area contributed by atoms with Crippen molar-refractivity contribution in [2.45, 2.75) is 55.2 Å². The lowest BCUT2D eigenvalue weighted by atomic mass is 10.1. The van der Waals surface area contributed by atoms with Crippen molar-refractivity contribution in [3.63, 3.8) is 0 Å². The molecule has 2 heterocycles. The highest BCUT2D eigenvalue weighted by Crippen LogP contribution is 2.39. The van der Waals surface area contributed by atoms with E-state index in [1.807, 2.05) is 19.1 Å². The fraction of sp³-hybridized carbons (Fsp3) is 0.519. The summed E-state index contributed by atoms with van der Waals surface area (Å²) in [6.45, 7) is 8.46. The van der Waals surface area contributed by atoms with E-state index < -0.39 is 11.7 Å². The molecule has 1 aromatic carbocycles. The predicted molar refractivity (Wildman–Crippen MR) is 152 cm³/mol. The average Bonchev–Trinajstić information content (AvgIpc) is 3.67. The molecule has 2 fully saturated rings. The van der Waals surface area contributed by atoms with Crippen molar-refractivity contribution in [2.24, 2.45) is 5.92 Å². The van der Waals surface area contributed by atoms with Gasteiger partial charge in [-0.3, -0.25) is 14.4 Å². The number of anilines is 1. The van der Waals surface area contributed by atoms with Gasteiger partial charge in [0.05, 0.1) is 23.1 Å². The van der Waals surface area contributed by atoms with E-state index in [1.54, 1.807) is 36.8 Å². The zero-order chi connectivity index (χ0) is 29.0. The number of nitrogens with zero attached hydrogens (tertiary/aromatic N) is 3. The minimum absolute atomic E-state index is 0.0144. The first-order valence-electron chi connectivity index (χ1n) is 13.1. The molecule has 4 amide bonds. The lowest BCUT2D eigenvalue weighted by Gasteiger charge is -2.35. The summed E-state index contributed by atoms with van der Waals surface area (Å²) in [5, 5.41) is 5.92. The minimum Gasteiger partial charge on any atom is -0.496 e. The molecule has 0 radical (unpaired) electrons. The first-order valence-corrected chi connectivity index (χ1v) is 14.7. The summed E-state index contributed by atoms with van der Waals surface area (Å²) in [6.07, 6.45) is 2.93. The number of carbonyl (C=O) groups is 4. The van der Waals surface area contributed by atoms with E-state index in [1.165, 1.54) is 30.2 Å². The number of hydrogen-bond donors (Lipinski definition) is 2. The molecule has 4 rings (SSSR count). The molecule has 1 saturated heterocycles. The maximum atomic E-state index is 13.5. The van der Waals surface area contributed by atoms with Gasteiger partial charge in [-0.1, -0.05) is 23.1 Å². The first kappa shape index (κ1) is 29.7. The number of thiazole rings is 1. The van der Waals surface area contributed by atoms with Gasteiger partial charge in [-0.15, -0.1) is 0 Å². The Hall–Kier alpha value is -3.32. The van der Waals surface area contributed by atoms with Crippen LogP contribution in [0.3, 0.4) is 0 Å². The number of alkyl carbamates (subject to hydrolysis) is 1. The molecule has 2 aromatic rings. The van der Waals surface area contributed by atoms with Crippen molar-refractivity contribution in [3.8, 4) is 5.75 Å². The van der Waals surface area contributed by atoms with Crippen LogP contribution in [-0.2, 0) is 14.3 Å². The molecule has 11 nitrogen and oxygen atoms in total. The number of aromatic nitrogens is 1. The van der Waals surface area contributed by atoms with Gasteiger partial charge < -0.3 is 29.9 Å². The SMILES string of the molecule is COc1cc(C)c(Sc2cnc(NC(=O)C3CC3)s2)cc1C(=O)N1CCN(C(=O)CNC(=O)OC(C)(C)C)CC1. The summed E-state index contributed by atoms with van der Waals surface area (Å²) in [6, 6.07) is 3.67. The predicted octanol–water partition coefficient (Wildman–Crippen LogP) is 3.77. The van der Waals surface area contributed by atoms with Gasteiger partial charge in [-0.2, -0.15) is 0 Å². The standard InChI is InChI=1S/C27H35N5O6S2/c1-16-12-19(37-5)18(13-20(16)39-22-15-28-25(40-22)30-23(34)17-6-7-17)24(35)32-10-8-31(9-11-32)21(33)14-29-26(36)38-27(2,3)4/h12-13,15,17H,6-11,14H2,1-5H3,(H,29,36)(H,28,30,34). The third-order valence-corrected chi connectivity index (χ3v) is 8.48. The molecule has 13 heteroatoms. The van der Waals surface area contributed by atoms with E-state index in [-0.39, 0.29) is 30.2 Å². The van der Waals surface area contributed by atoms with Gasteiger partial charge in [-0.05, 0) is 58.2 Å². The monoisotopic (exact) mass is 589 g/mol. The Kier molecular flexibility index (Phi) is 9.24. The van der Waals surface area contributed by atoms with E-state index in [4.69, 9.17) is 9.47 Å². The number of rotatable bonds is 8. The van der Waals surface area contributed by atoms with Crippen molar-refractivity contribution in [2.75, 3.05) is 45.2 Å². The maximum absolute atomic E-state index is 13.5. The van der Waals surface area contributed by atoms with Gasteiger partial charge in [0.25, 0.3) is 5.91 Å². The van der Waals surface area contributed by atoms with Crippen LogP contribution in [-0.4, -0.2) is 84.0 Å². The second-order valence-corrected chi connectivity index (χ2v) is 13.1. The van der Waals surface area contributed by atoms with Crippen LogP contribution in [0.1, 0.15) is 49.5 Å². The Morgan fingerprint density at radius 1 is 1.10 bits per heavy atom. The van der Waals surface area contributed by atoms with Crippen LogP contribution >= 0.6 is 23.1 Å². The lowest BCUT2D eigenvalue weighted by Crippen LogP contribution is -2.52. The number of aryl methyl sites for hydroxylation is 1. The molecule has 0 unspecified atom stereocenters. The fourth-order valence-corrected chi connectivity index (χ4v) is 5.98. The Morgan fingerprint density at radius 3 is 2.40 bits per heavy atom. The van der Waals surface area contributed by atoms with E-state index in [9.17, 15) is 19.2 Å². The molecule has 1 saturated carbocycles. The first-order chi connectivity index (χ1) is 18.9. The number of benzene rings is 1. The summed E-state index contributed by atoms with van der Waals surface area (Å²) in [7, 11) is 1.53. The highest BCUT2D eigenvalue weighted by Gasteiger charge is 2.30. The van der Waals surface area contributed by atoms with Gasteiger partial charge in [0.15, 0.2) is 5.13 Å². The Labute approximate surface area is 242 Å². The summed E-state index contributed by atoms with van der Waals surface area (Å²) in [5.74, 6) is 0.182. The van der Waals surface area contributed by atoms with Crippen LogP contribution in [0.5, 0.6) is 5.75 Å². The summed E-state index contributed by atoms with van der Waals surface area (Å²) < 4.78 is 11.6. The largest absolute Gasteiger partial charge is 0.496 e. The fourth-order valence-electron chi connectivity index (χ4n) is 4.04. The Bertz CT molecular complexity index is 1280. The lowest BCUT2D eigenvalue weighted by molar-refractivity contribution is -0.131. The van der Waals surface area contributed by atoms with E-state index in [2.05, 4.69) is 15.6 Å². The maximum Gasteiger partial charge on any atom is 0.408 e. The van der Waals surface area contributed by atoms with Crippen molar-refractivity contribution < 1.29 is 28.7 Å². The van der Waals surface area contributed by atoms with Crippen LogP contribution in [0.4, 0.5) is 9.93 Å². The average molecular weight is 590 g/mol.